The van der Waals surface area contributed by atoms with Gasteiger partial charge in [0.25, 0.3) is 5.91 Å². The van der Waals surface area contributed by atoms with Crippen LogP contribution in [-0.4, -0.2) is 24.0 Å². The molecule has 2 aromatic carbocycles. The van der Waals surface area contributed by atoms with Gasteiger partial charge in [-0.15, -0.1) is 0 Å². The van der Waals surface area contributed by atoms with Crippen LogP contribution < -0.4 is 15.8 Å². The quantitative estimate of drug-likeness (QED) is 0.740. The molecule has 2 atom stereocenters. The predicted molar refractivity (Wildman–Crippen MR) is 84.4 cm³/mol. The van der Waals surface area contributed by atoms with Gasteiger partial charge in [0, 0.05) is 0 Å². The number of ether oxygens (including phenoxy) is 1. The maximum Gasteiger partial charge on any atom is 0.254 e. The summed E-state index contributed by atoms with van der Waals surface area (Å²) in [5.74, 6) is -1.52. The zero-order chi connectivity index (χ0) is 17.7. The molecule has 2 rings (SSSR count). The number of rotatable bonds is 6. The minimum Gasteiger partial charge on any atom is -0.497 e. The molecule has 2 aromatic rings. The summed E-state index contributed by atoms with van der Waals surface area (Å²) in [6.07, 6.45) is -1.49. The van der Waals surface area contributed by atoms with E-state index in [0.717, 1.165) is 12.1 Å². The maximum absolute atomic E-state index is 13.0. The Hall–Kier alpha value is -2.93. The predicted octanol–water partition coefficient (Wildman–Crippen LogP) is 1.21. The molecule has 24 heavy (non-hydrogen) atoms. The molecule has 0 saturated carbocycles. The lowest BCUT2D eigenvalue weighted by Gasteiger charge is -2.18. The monoisotopic (exact) mass is 332 g/mol. The number of hydrogen-bond acceptors (Lipinski definition) is 4. The highest BCUT2D eigenvalue weighted by Crippen LogP contribution is 2.20. The molecule has 7 heteroatoms. The molecular weight excluding hydrogens is 315 g/mol. The van der Waals surface area contributed by atoms with Gasteiger partial charge < -0.3 is 20.9 Å². The normalized spacial score (nSPS) is 13.0. The van der Waals surface area contributed by atoms with Crippen molar-refractivity contribution in [1.29, 1.82) is 0 Å². The van der Waals surface area contributed by atoms with Crippen molar-refractivity contribution in [1.82, 2.24) is 5.32 Å². The first-order valence-corrected chi connectivity index (χ1v) is 7.09. The van der Waals surface area contributed by atoms with Crippen molar-refractivity contribution in [3.05, 3.63) is 65.5 Å². The Morgan fingerprint density at radius 1 is 1.08 bits per heavy atom. The number of carbonyl (C=O) groups is 2. The lowest BCUT2D eigenvalue weighted by Crippen LogP contribution is -2.39. The first-order chi connectivity index (χ1) is 11.4. The minimum absolute atomic E-state index is 0.319. The Morgan fingerprint density at radius 2 is 1.62 bits per heavy atom. The smallest absolute Gasteiger partial charge is 0.254 e. The minimum atomic E-state index is -1.49. The van der Waals surface area contributed by atoms with Crippen LogP contribution >= 0.6 is 0 Å². The number of amides is 2. The number of carbonyl (C=O) groups excluding carboxylic acids is 2. The molecule has 4 N–H and O–H groups in total. The molecule has 0 fully saturated rings. The number of primary amides is 1. The van der Waals surface area contributed by atoms with Crippen molar-refractivity contribution in [2.75, 3.05) is 7.11 Å². The number of aliphatic hydroxyl groups is 1. The molecule has 6 nitrogen and oxygen atoms in total. The van der Waals surface area contributed by atoms with E-state index in [9.17, 15) is 19.1 Å². The van der Waals surface area contributed by atoms with Crippen molar-refractivity contribution < 1.29 is 23.8 Å². The van der Waals surface area contributed by atoms with Crippen molar-refractivity contribution in [3.8, 4) is 5.75 Å². The van der Waals surface area contributed by atoms with E-state index in [1.807, 2.05) is 0 Å². The van der Waals surface area contributed by atoms with Crippen LogP contribution in [0.2, 0.25) is 0 Å². The van der Waals surface area contributed by atoms with Crippen LogP contribution in [0.5, 0.6) is 5.75 Å². The number of benzene rings is 2. The summed E-state index contributed by atoms with van der Waals surface area (Å²) >= 11 is 0. The Morgan fingerprint density at radius 3 is 2.12 bits per heavy atom. The van der Waals surface area contributed by atoms with E-state index in [0.29, 0.717) is 16.9 Å². The van der Waals surface area contributed by atoms with Crippen molar-refractivity contribution >= 4 is 11.8 Å². The van der Waals surface area contributed by atoms with Crippen LogP contribution in [0, 0.1) is 5.82 Å². The SMILES string of the molecule is COc1ccc([C@@H](O)C(=O)NC(C(N)=O)c2ccc(F)cc2)cc1. The summed E-state index contributed by atoms with van der Waals surface area (Å²) in [5.41, 5.74) is 5.93. The summed E-state index contributed by atoms with van der Waals surface area (Å²) in [4.78, 5) is 23.8. The van der Waals surface area contributed by atoms with E-state index < -0.39 is 29.8 Å². The number of halogens is 1. The van der Waals surface area contributed by atoms with Gasteiger partial charge in [0.05, 0.1) is 7.11 Å². The Balaban J connectivity index is 2.14. The highest BCUT2D eigenvalue weighted by molar-refractivity contribution is 5.89. The molecule has 0 spiro atoms. The zero-order valence-electron chi connectivity index (χ0n) is 12.9. The van der Waals surface area contributed by atoms with Crippen LogP contribution in [-0.2, 0) is 9.59 Å². The second-order valence-corrected chi connectivity index (χ2v) is 5.07. The third-order valence-corrected chi connectivity index (χ3v) is 3.45. The highest BCUT2D eigenvalue weighted by atomic mass is 19.1. The van der Waals surface area contributed by atoms with Gasteiger partial charge in [-0.1, -0.05) is 24.3 Å². The van der Waals surface area contributed by atoms with Crippen LogP contribution in [0.4, 0.5) is 4.39 Å². The first kappa shape index (κ1) is 17.4. The summed E-state index contributed by atoms with van der Waals surface area (Å²) in [7, 11) is 1.50. The second-order valence-electron chi connectivity index (χ2n) is 5.07. The highest BCUT2D eigenvalue weighted by Gasteiger charge is 2.25. The largest absolute Gasteiger partial charge is 0.497 e. The molecule has 2 amide bonds. The number of methoxy groups -OCH3 is 1. The van der Waals surface area contributed by atoms with E-state index in [1.165, 1.54) is 31.4 Å². The van der Waals surface area contributed by atoms with Crippen molar-refractivity contribution in [2.24, 2.45) is 5.73 Å². The van der Waals surface area contributed by atoms with Gasteiger partial charge in [0.15, 0.2) is 6.10 Å². The number of nitrogens with two attached hydrogens (primary N) is 1. The molecule has 0 aliphatic carbocycles. The fourth-order valence-corrected chi connectivity index (χ4v) is 2.13. The van der Waals surface area contributed by atoms with E-state index in [-0.39, 0.29) is 0 Å². The van der Waals surface area contributed by atoms with Crippen LogP contribution in [0.3, 0.4) is 0 Å². The van der Waals surface area contributed by atoms with Gasteiger partial charge in [0.1, 0.15) is 17.6 Å². The molecule has 1 unspecified atom stereocenters. The second kappa shape index (κ2) is 7.56. The van der Waals surface area contributed by atoms with E-state index in [4.69, 9.17) is 10.5 Å². The maximum atomic E-state index is 13.0. The van der Waals surface area contributed by atoms with Crippen molar-refractivity contribution in [2.45, 2.75) is 12.1 Å². The molecule has 0 aliphatic rings. The fourth-order valence-electron chi connectivity index (χ4n) is 2.13. The molecule has 0 bridgehead atoms. The lowest BCUT2D eigenvalue weighted by molar-refractivity contribution is -0.133. The number of hydrogen-bond donors (Lipinski definition) is 3. The third-order valence-electron chi connectivity index (χ3n) is 3.45. The third kappa shape index (κ3) is 4.08. The first-order valence-electron chi connectivity index (χ1n) is 7.09. The molecule has 0 radical (unpaired) electrons. The fraction of sp³-hybridized carbons (Fsp3) is 0.176. The van der Waals surface area contributed by atoms with Gasteiger partial charge in [0.2, 0.25) is 5.91 Å². The van der Waals surface area contributed by atoms with Gasteiger partial charge in [-0.2, -0.15) is 0 Å². The molecule has 0 saturated heterocycles. The average molecular weight is 332 g/mol. The summed E-state index contributed by atoms with van der Waals surface area (Å²) < 4.78 is 18.0. The summed E-state index contributed by atoms with van der Waals surface area (Å²) in [6.45, 7) is 0. The van der Waals surface area contributed by atoms with Crippen LogP contribution in [0.15, 0.2) is 48.5 Å². The Labute approximate surface area is 138 Å². The van der Waals surface area contributed by atoms with E-state index >= 15 is 0 Å². The Kier molecular flexibility index (Phi) is 5.49. The Bertz CT molecular complexity index is 716. The molecular formula is C17H17FN2O4. The topological polar surface area (TPSA) is 102 Å². The molecule has 0 aromatic heterocycles. The summed E-state index contributed by atoms with van der Waals surface area (Å²) in [6, 6.07) is 10.0. The standard InChI is InChI=1S/C17H17FN2O4/c1-24-13-8-4-11(5-9-13)15(21)17(23)20-14(16(19)22)10-2-6-12(18)7-3-10/h2-9,14-15,21H,1H3,(H2,19,22)(H,20,23)/t14?,15-/m1/s1. The van der Waals surface area contributed by atoms with Gasteiger partial charge in [-0.05, 0) is 35.4 Å². The van der Waals surface area contributed by atoms with E-state index in [2.05, 4.69) is 5.32 Å². The zero-order valence-corrected chi connectivity index (χ0v) is 12.9. The number of nitrogens with one attached hydrogen (secondary N) is 1. The summed E-state index contributed by atoms with van der Waals surface area (Å²) in [5, 5.41) is 12.5. The van der Waals surface area contributed by atoms with Crippen LogP contribution in [0.1, 0.15) is 23.3 Å². The lowest BCUT2D eigenvalue weighted by atomic mass is 10.0. The van der Waals surface area contributed by atoms with Crippen molar-refractivity contribution in [3.63, 3.8) is 0 Å². The van der Waals surface area contributed by atoms with Gasteiger partial charge in [-0.3, -0.25) is 9.59 Å². The average Bonchev–Trinajstić information content (AvgIpc) is 2.59. The van der Waals surface area contributed by atoms with E-state index in [1.54, 1.807) is 12.1 Å². The number of aliphatic hydroxyl groups excluding tert-OH is 1. The van der Waals surface area contributed by atoms with Crippen LogP contribution in [0.25, 0.3) is 0 Å². The van der Waals surface area contributed by atoms with Gasteiger partial charge in [-0.25, -0.2) is 4.39 Å². The van der Waals surface area contributed by atoms with Gasteiger partial charge >= 0.3 is 0 Å². The molecule has 0 heterocycles. The molecule has 126 valence electrons. The molecule has 0 aliphatic heterocycles.